The molecule has 1 fully saturated rings. The summed E-state index contributed by atoms with van der Waals surface area (Å²) in [7, 11) is 0. The normalized spacial score (nSPS) is 23.1. The van der Waals surface area contributed by atoms with Gasteiger partial charge in [0.25, 0.3) is 0 Å². The number of fused-ring (bicyclic) bond motifs is 1. The van der Waals surface area contributed by atoms with E-state index in [2.05, 4.69) is 66.9 Å². The van der Waals surface area contributed by atoms with Gasteiger partial charge in [0.1, 0.15) is 18.0 Å². The smallest absolute Gasteiger partial charge is 0.221 e. The minimum Gasteiger partial charge on any atom is -0.352 e. The summed E-state index contributed by atoms with van der Waals surface area (Å²) in [6.45, 7) is 8.41. The zero-order chi connectivity index (χ0) is 19.1. The molecule has 0 saturated carbocycles. The van der Waals surface area contributed by atoms with Gasteiger partial charge in [-0.1, -0.05) is 13.8 Å². The highest BCUT2D eigenvalue weighted by atomic mass is 79.9. The first kappa shape index (κ1) is 18.4. The van der Waals surface area contributed by atoms with Crippen LogP contribution < -0.4 is 10.4 Å². The van der Waals surface area contributed by atoms with Crippen molar-refractivity contribution < 1.29 is 9.23 Å². The van der Waals surface area contributed by atoms with E-state index in [0.29, 0.717) is 35.7 Å². The van der Waals surface area contributed by atoms with E-state index in [1.54, 1.807) is 6.07 Å². The van der Waals surface area contributed by atoms with Crippen molar-refractivity contribution in [1.29, 1.82) is 0 Å². The number of hydrogen-bond acceptors (Lipinski definition) is 7. The van der Waals surface area contributed by atoms with E-state index in [0.717, 1.165) is 17.0 Å². The van der Waals surface area contributed by atoms with E-state index in [9.17, 15) is 4.39 Å². The number of rotatable bonds is 2. The molecule has 2 aliphatic rings. The Hall–Kier alpha value is -2.00. The van der Waals surface area contributed by atoms with Crippen LogP contribution >= 0.6 is 15.9 Å². The van der Waals surface area contributed by atoms with Crippen molar-refractivity contribution in [2.45, 2.75) is 33.0 Å². The molecule has 2 atom stereocenters. The van der Waals surface area contributed by atoms with Crippen LogP contribution in [0.3, 0.4) is 0 Å². The molecule has 27 heavy (non-hydrogen) atoms. The van der Waals surface area contributed by atoms with Crippen LogP contribution in [0, 0.1) is 11.7 Å². The van der Waals surface area contributed by atoms with Crippen molar-refractivity contribution >= 4 is 38.6 Å². The summed E-state index contributed by atoms with van der Waals surface area (Å²) in [6.07, 6.45) is 1.32. The second-order valence-corrected chi connectivity index (χ2v) is 8.10. The molecule has 0 bridgehead atoms. The lowest BCUT2D eigenvalue weighted by Gasteiger charge is -2.41. The number of benzene rings is 1. The predicted molar refractivity (Wildman–Crippen MR) is 106 cm³/mol. The van der Waals surface area contributed by atoms with Gasteiger partial charge in [0.15, 0.2) is 6.23 Å². The van der Waals surface area contributed by atoms with Crippen LogP contribution in [0.25, 0.3) is 10.9 Å². The summed E-state index contributed by atoms with van der Waals surface area (Å²) in [5, 5.41) is 0.451. The topological polar surface area (TPSA) is 65.9 Å². The van der Waals surface area contributed by atoms with Crippen LogP contribution in [0.4, 0.5) is 10.2 Å². The number of aromatic nitrogens is 2. The second kappa shape index (κ2) is 7.20. The quantitative estimate of drug-likeness (QED) is 0.780. The van der Waals surface area contributed by atoms with Gasteiger partial charge < -0.3 is 9.80 Å². The Morgan fingerprint density at radius 2 is 2.11 bits per heavy atom. The lowest BCUT2D eigenvalue weighted by atomic mass is 10.1. The van der Waals surface area contributed by atoms with E-state index >= 15 is 0 Å². The number of anilines is 1. The van der Waals surface area contributed by atoms with Gasteiger partial charge in [-0.25, -0.2) is 29.7 Å². The standard InChI is InChI=1S/C18H22BrFN6O/c1-10(2)17-23-18(24-27-17)26-7-6-25(8-11(26)3)16-14-13(20)5-4-12(19)15(14)21-9-22-16/h4-5,9-11,17H,6-8H2,1-3H3,(H,23,24). The van der Waals surface area contributed by atoms with Crippen molar-refractivity contribution in [2.24, 2.45) is 10.9 Å². The first-order valence-electron chi connectivity index (χ1n) is 9.05. The zero-order valence-corrected chi connectivity index (χ0v) is 17.1. The molecule has 1 aromatic heterocycles. The monoisotopic (exact) mass is 436 g/mol. The van der Waals surface area contributed by atoms with Crippen molar-refractivity contribution in [3.63, 3.8) is 0 Å². The summed E-state index contributed by atoms with van der Waals surface area (Å²) < 4.78 is 15.3. The van der Waals surface area contributed by atoms with Crippen molar-refractivity contribution in [2.75, 3.05) is 24.5 Å². The molecule has 4 rings (SSSR count). The van der Waals surface area contributed by atoms with Gasteiger partial charge in [-0.15, -0.1) is 0 Å². The van der Waals surface area contributed by atoms with E-state index < -0.39 is 0 Å². The Morgan fingerprint density at radius 3 is 2.81 bits per heavy atom. The van der Waals surface area contributed by atoms with Crippen LogP contribution in [-0.2, 0) is 4.84 Å². The first-order chi connectivity index (χ1) is 13.0. The minimum atomic E-state index is -0.311. The Kier molecular flexibility index (Phi) is 4.90. The average molecular weight is 437 g/mol. The molecule has 1 aromatic carbocycles. The van der Waals surface area contributed by atoms with Gasteiger partial charge in [0, 0.05) is 36.1 Å². The third-order valence-corrected chi connectivity index (χ3v) is 5.60. The molecule has 1 saturated heterocycles. The van der Waals surface area contributed by atoms with Crippen molar-refractivity contribution in [3.05, 3.63) is 28.7 Å². The lowest BCUT2D eigenvalue weighted by Crippen LogP contribution is -2.56. The van der Waals surface area contributed by atoms with Crippen molar-refractivity contribution in [3.8, 4) is 0 Å². The molecule has 3 heterocycles. The molecule has 0 radical (unpaired) electrons. The number of nitrogens with one attached hydrogen (secondary N) is 1. The van der Waals surface area contributed by atoms with Crippen LogP contribution in [0.5, 0.6) is 0 Å². The van der Waals surface area contributed by atoms with Gasteiger partial charge in [-0.2, -0.15) is 0 Å². The van der Waals surface area contributed by atoms with E-state index in [-0.39, 0.29) is 18.1 Å². The van der Waals surface area contributed by atoms with E-state index in [1.807, 2.05) is 0 Å². The Labute approximate surface area is 165 Å². The molecular weight excluding hydrogens is 415 g/mol. The maximum atomic E-state index is 14.5. The highest BCUT2D eigenvalue weighted by Crippen LogP contribution is 2.31. The molecule has 144 valence electrons. The molecule has 0 amide bonds. The maximum absolute atomic E-state index is 14.5. The number of hydrogen-bond donors (Lipinski definition) is 1. The Balaban J connectivity index is 1.58. The highest BCUT2D eigenvalue weighted by Gasteiger charge is 2.32. The summed E-state index contributed by atoms with van der Waals surface area (Å²) in [4.78, 5) is 23.1. The summed E-state index contributed by atoms with van der Waals surface area (Å²) >= 11 is 3.45. The molecular formula is C18H22BrFN6O. The van der Waals surface area contributed by atoms with Crippen LogP contribution in [0.15, 0.2) is 27.9 Å². The largest absolute Gasteiger partial charge is 0.352 e. The fourth-order valence-corrected chi connectivity index (χ4v) is 3.93. The minimum absolute atomic E-state index is 0.164. The first-order valence-corrected chi connectivity index (χ1v) is 9.84. The van der Waals surface area contributed by atoms with Gasteiger partial charge in [0.2, 0.25) is 5.96 Å². The fourth-order valence-electron chi connectivity index (χ4n) is 3.49. The molecule has 7 nitrogen and oxygen atoms in total. The van der Waals surface area contributed by atoms with Crippen LogP contribution in [-0.4, -0.2) is 52.7 Å². The number of piperazine rings is 1. The number of hydroxylamine groups is 1. The fraction of sp³-hybridized carbons (Fsp3) is 0.500. The molecule has 2 aromatic rings. The maximum Gasteiger partial charge on any atom is 0.221 e. The predicted octanol–water partition coefficient (Wildman–Crippen LogP) is 2.91. The van der Waals surface area contributed by atoms with Crippen LogP contribution in [0.1, 0.15) is 20.8 Å². The van der Waals surface area contributed by atoms with Gasteiger partial charge in [-0.05, 0) is 35.0 Å². The molecule has 0 aliphatic carbocycles. The Bertz CT molecular complexity index is 892. The highest BCUT2D eigenvalue weighted by molar-refractivity contribution is 9.10. The SMILES string of the molecule is CC(C)C1N=C(N2CCN(c3ncnc4c(Br)ccc(F)c34)CC2C)NO1. The van der Waals surface area contributed by atoms with E-state index in [4.69, 9.17) is 4.84 Å². The Morgan fingerprint density at radius 1 is 1.30 bits per heavy atom. The molecule has 9 heteroatoms. The summed E-state index contributed by atoms with van der Waals surface area (Å²) in [6, 6.07) is 3.28. The molecule has 2 unspecified atom stereocenters. The van der Waals surface area contributed by atoms with Crippen molar-refractivity contribution in [1.82, 2.24) is 20.3 Å². The number of aliphatic imine (C=N–C) groups is 1. The summed E-state index contributed by atoms with van der Waals surface area (Å²) in [5.41, 5.74) is 3.54. The zero-order valence-electron chi connectivity index (χ0n) is 15.5. The molecule has 2 aliphatic heterocycles. The van der Waals surface area contributed by atoms with Crippen LogP contribution in [0.2, 0.25) is 0 Å². The number of guanidine groups is 1. The summed E-state index contributed by atoms with van der Waals surface area (Å²) in [5.74, 6) is 1.39. The number of halogens is 2. The van der Waals surface area contributed by atoms with Gasteiger partial charge in [-0.3, -0.25) is 0 Å². The average Bonchev–Trinajstić information content (AvgIpc) is 3.14. The lowest BCUT2D eigenvalue weighted by molar-refractivity contribution is 0.00737. The third-order valence-electron chi connectivity index (χ3n) is 4.96. The van der Waals surface area contributed by atoms with Gasteiger partial charge >= 0.3 is 0 Å². The van der Waals surface area contributed by atoms with E-state index in [1.165, 1.54) is 12.4 Å². The molecule has 1 N–H and O–H groups in total. The third kappa shape index (κ3) is 3.34. The molecule has 0 spiro atoms. The van der Waals surface area contributed by atoms with Gasteiger partial charge in [0.05, 0.1) is 10.9 Å². The second-order valence-electron chi connectivity index (χ2n) is 7.25. The number of nitrogens with zero attached hydrogens (tertiary/aromatic N) is 5.